The Labute approximate surface area is 143 Å². The SMILES string of the molecule is CC1CCC2CC(c3ccc4c(F)c(Cl)ccc4c3)CCC2C1. The van der Waals surface area contributed by atoms with Crippen LogP contribution in [-0.2, 0) is 0 Å². The predicted octanol–water partition coefficient (Wildman–Crippen LogP) is 6.95. The zero-order valence-electron chi connectivity index (χ0n) is 13.7. The molecule has 4 atom stereocenters. The molecule has 0 radical (unpaired) electrons. The summed E-state index contributed by atoms with van der Waals surface area (Å²) in [5.41, 5.74) is 1.39. The summed E-state index contributed by atoms with van der Waals surface area (Å²) >= 11 is 5.89. The fourth-order valence-corrected chi connectivity index (χ4v) is 5.13. The summed E-state index contributed by atoms with van der Waals surface area (Å²) in [6, 6.07) is 9.84. The Balaban J connectivity index is 1.59. The maximum atomic E-state index is 14.1. The summed E-state index contributed by atoms with van der Waals surface area (Å²) in [6.07, 6.45) is 8.20. The summed E-state index contributed by atoms with van der Waals surface area (Å²) in [5.74, 6) is 3.13. The van der Waals surface area contributed by atoms with Gasteiger partial charge in [-0.1, -0.05) is 49.2 Å². The molecule has 0 spiro atoms. The largest absolute Gasteiger partial charge is 0.205 e. The van der Waals surface area contributed by atoms with Gasteiger partial charge >= 0.3 is 0 Å². The monoisotopic (exact) mass is 330 g/mol. The number of halogens is 2. The van der Waals surface area contributed by atoms with Gasteiger partial charge in [-0.05, 0) is 72.8 Å². The van der Waals surface area contributed by atoms with Crippen LogP contribution in [0.3, 0.4) is 0 Å². The molecule has 0 amide bonds. The van der Waals surface area contributed by atoms with E-state index in [2.05, 4.69) is 19.1 Å². The predicted molar refractivity (Wildman–Crippen MR) is 95.5 cm³/mol. The second-order valence-corrected chi connectivity index (χ2v) is 8.20. The Bertz CT molecular complexity index is 723. The van der Waals surface area contributed by atoms with Crippen molar-refractivity contribution in [2.75, 3.05) is 0 Å². The first kappa shape index (κ1) is 15.4. The number of hydrogen-bond acceptors (Lipinski definition) is 0. The van der Waals surface area contributed by atoms with Gasteiger partial charge in [0.25, 0.3) is 0 Å². The highest BCUT2D eigenvalue weighted by Gasteiger charge is 2.34. The van der Waals surface area contributed by atoms with E-state index in [1.807, 2.05) is 12.1 Å². The lowest BCUT2D eigenvalue weighted by molar-refractivity contribution is 0.124. The lowest BCUT2D eigenvalue weighted by atomic mass is 9.64. The van der Waals surface area contributed by atoms with E-state index in [0.717, 1.165) is 23.1 Å². The van der Waals surface area contributed by atoms with Gasteiger partial charge in [0.2, 0.25) is 0 Å². The minimum Gasteiger partial charge on any atom is -0.205 e. The van der Waals surface area contributed by atoms with Crippen molar-refractivity contribution in [3.05, 3.63) is 46.7 Å². The van der Waals surface area contributed by atoms with E-state index in [-0.39, 0.29) is 10.8 Å². The molecule has 122 valence electrons. The summed E-state index contributed by atoms with van der Waals surface area (Å²) in [4.78, 5) is 0. The van der Waals surface area contributed by atoms with Crippen molar-refractivity contribution in [3.8, 4) is 0 Å². The van der Waals surface area contributed by atoms with E-state index in [0.29, 0.717) is 11.3 Å². The zero-order valence-corrected chi connectivity index (χ0v) is 14.5. The second-order valence-electron chi connectivity index (χ2n) is 7.79. The Kier molecular flexibility index (Phi) is 4.09. The van der Waals surface area contributed by atoms with Gasteiger partial charge in [0.15, 0.2) is 0 Å². The van der Waals surface area contributed by atoms with Crippen molar-refractivity contribution in [3.63, 3.8) is 0 Å². The van der Waals surface area contributed by atoms with Crippen molar-refractivity contribution in [1.29, 1.82) is 0 Å². The van der Waals surface area contributed by atoms with E-state index in [1.165, 1.54) is 44.1 Å². The molecule has 2 aliphatic rings. The average molecular weight is 331 g/mol. The summed E-state index contributed by atoms with van der Waals surface area (Å²) in [6.45, 7) is 2.41. The molecule has 2 aromatic rings. The van der Waals surface area contributed by atoms with Crippen molar-refractivity contribution in [2.24, 2.45) is 17.8 Å². The van der Waals surface area contributed by atoms with Crippen LogP contribution in [0.4, 0.5) is 4.39 Å². The highest BCUT2D eigenvalue weighted by atomic mass is 35.5. The van der Waals surface area contributed by atoms with Gasteiger partial charge in [-0.2, -0.15) is 0 Å². The van der Waals surface area contributed by atoms with Crippen molar-refractivity contribution < 1.29 is 4.39 Å². The van der Waals surface area contributed by atoms with E-state index >= 15 is 0 Å². The molecule has 4 rings (SSSR count). The van der Waals surface area contributed by atoms with Crippen LogP contribution in [0.15, 0.2) is 30.3 Å². The molecule has 2 fully saturated rings. The lowest BCUT2D eigenvalue weighted by Crippen LogP contribution is -2.29. The van der Waals surface area contributed by atoms with Crippen LogP contribution in [0, 0.1) is 23.6 Å². The highest BCUT2D eigenvalue weighted by molar-refractivity contribution is 6.31. The lowest BCUT2D eigenvalue weighted by Gasteiger charge is -2.41. The normalized spacial score (nSPS) is 31.1. The van der Waals surface area contributed by atoms with Crippen molar-refractivity contribution >= 4 is 22.4 Å². The molecule has 2 heteroatoms. The standard InChI is InChI=1S/C21H24ClF/c1-13-2-3-15-11-16(5-4-14(15)10-13)17-6-8-19-18(12-17)7-9-20(22)21(19)23/h6-9,12-16H,2-5,10-11H2,1H3. The Morgan fingerprint density at radius 2 is 1.74 bits per heavy atom. The topological polar surface area (TPSA) is 0 Å². The first-order valence-electron chi connectivity index (χ1n) is 8.99. The molecule has 0 saturated heterocycles. The van der Waals surface area contributed by atoms with Gasteiger partial charge in [-0.25, -0.2) is 4.39 Å². The molecule has 0 nitrogen and oxygen atoms in total. The first-order valence-corrected chi connectivity index (χ1v) is 9.37. The van der Waals surface area contributed by atoms with Gasteiger partial charge in [-0.3, -0.25) is 0 Å². The summed E-state index contributed by atoms with van der Waals surface area (Å²) in [7, 11) is 0. The minimum absolute atomic E-state index is 0.210. The summed E-state index contributed by atoms with van der Waals surface area (Å²) < 4.78 is 14.1. The average Bonchev–Trinajstić information content (AvgIpc) is 2.57. The summed E-state index contributed by atoms with van der Waals surface area (Å²) in [5, 5.41) is 1.83. The highest BCUT2D eigenvalue weighted by Crippen LogP contribution is 2.47. The van der Waals surface area contributed by atoms with E-state index in [9.17, 15) is 4.39 Å². The van der Waals surface area contributed by atoms with Crippen LogP contribution in [0.1, 0.15) is 56.9 Å². The van der Waals surface area contributed by atoms with Gasteiger partial charge in [0.1, 0.15) is 5.82 Å². The molecule has 0 aromatic heterocycles. The van der Waals surface area contributed by atoms with Crippen molar-refractivity contribution in [1.82, 2.24) is 0 Å². The number of fused-ring (bicyclic) bond motifs is 2. The Morgan fingerprint density at radius 1 is 0.957 bits per heavy atom. The quantitative estimate of drug-likeness (QED) is 0.530. The van der Waals surface area contributed by atoms with Crippen LogP contribution >= 0.6 is 11.6 Å². The molecule has 4 unspecified atom stereocenters. The molecular formula is C21H24ClF. The van der Waals surface area contributed by atoms with Gasteiger partial charge in [0.05, 0.1) is 5.02 Å². The third-order valence-electron chi connectivity index (χ3n) is 6.28. The van der Waals surface area contributed by atoms with Gasteiger partial charge in [0, 0.05) is 5.39 Å². The minimum atomic E-state index is -0.291. The van der Waals surface area contributed by atoms with Crippen LogP contribution in [0.5, 0.6) is 0 Å². The third-order valence-corrected chi connectivity index (χ3v) is 6.57. The molecule has 2 aliphatic carbocycles. The fraction of sp³-hybridized carbons (Fsp3) is 0.524. The maximum absolute atomic E-state index is 14.1. The molecule has 2 aromatic carbocycles. The van der Waals surface area contributed by atoms with E-state index in [4.69, 9.17) is 11.6 Å². The van der Waals surface area contributed by atoms with E-state index in [1.54, 1.807) is 6.07 Å². The molecule has 0 N–H and O–H groups in total. The van der Waals surface area contributed by atoms with Crippen LogP contribution in [-0.4, -0.2) is 0 Å². The Hall–Kier alpha value is -1.08. The van der Waals surface area contributed by atoms with Gasteiger partial charge in [-0.15, -0.1) is 0 Å². The molecule has 0 aliphatic heterocycles. The van der Waals surface area contributed by atoms with E-state index < -0.39 is 0 Å². The number of hydrogen-bond donors (Lipinski definition) is 0. The fourth-order valence-electron chi connectivity index (χ4n) is 4.96. The smallest absolute Gasteiger partial charge is 0.149 e. The number of rotatable bonds is 1. The van der Waals surface area contributed by atoms with Crippen LogP contribution in [0.25, 0.3) is 10.8 Å². The second kappa shape index (κ2) is 6.09. The first-order chi connectivity index (χ1) is 11.1. The van der Waals surface area contributed by atoms with Crippen LogP contribution in [0.2, 0.25) is 5.02 Å². The van der Waals surface area contributed by atoms with Gasteiger partial charge < -0.3 is 0 Å². The zero-order chi connectivity index (χ0) is 16.0. The molecule has 0 heterocycles. The third kappa shape index (κ3) is 2.89. The Morgan fingerprint density at radius 3 is 2.61 bits per heavy atom. The van der Waals surface area contributed by atoms with Crippen molar-refractivity contribution in [2.45, 2.75) is 51.4 Å². The maximum Gasteiger partial charge on any atom is 0.149 e. The molecule has 2 saturated carbocycles. The molecule has 0 bridgehead atoms. The number of benzene rings is 2. The molecule has 23 heavy (non-hydrogen) atoms. The van der Waals surface area contributed by atoms with Crippen LogP contribution < -0.4 is 0 Å². The molecular weight excluding hydrogens is 307 g/mol.